The third kappa shape index (κ3) is 4.47. The van der Waals surface area contributed by atoms with Gasteiger partial charge in [0.2, 0.25) is 11.8 Å². The Hall–Kier alpha value is -1.10. The maximum absolute atomic E-state index is 12.2. The lowest BCUT2D eigenvalue weighted by molar-refractivity contribution is -0.130. The number of carbonyl (C=O) groups excluding carboxylic acids is 2. The summed E-state index contributed by atoms with van der Waals surface area (Å²) in [5, 5.41) is 2.89. The van der Waals surface area contributed by atoms with Crippen molar-refractivity contribution >= 4 is 11.8 Å². The zero-order chi connectivity index (χ0) is 14.5. The molecule has 1 aliphatic carbocycles. The highest BCUT2D eigenvalue weighted by Crippen LogP contribution is 2.27. The van der Waals surface area contributed by atoms with Crippen LogP contribution in [0.4, 0.5) is 0 Å². The number of nitrogens with one attached hydrogen (secondary N) is 1. The zero-order valence-electron chi connectivity index (χ0n) is 12.4. The number of rotatable bonds is 4. The Labute approximate surface area is 121 Å². The van der Waals surface area contributed by atoms with Crippen LogP contribution in [-0.2, 0) is 9.59 Å². The number of amides is 2. The van der Waals surface area contributed by atoms with Gasteiger partial charge < -0.3 is 16.0 Å². The van der Waals surface area contributed by atoms with E-state index in [4.69, 9.17) is 5.73 Å². The van der Waals surface area contributed by atoms with Crippen molar-refractivity contribution in [1.29, 1.82) is 0 Å². The number of nitrogens with zero attached hydrogens (tertiary/aromatic N) is 1. The predicted octanol–water partition coefficient (Wildman–Crippen LogP) is 1.02. The summed E-state index contributed by atoms with van der Waals surface area (Å²) < 4.78 is 0. The molecule has 0 aromatic rings. The van der Waals surface area contributed by atoms with Gasteiger partial charge in [0.1, 0.15) is 0 Å². The van der Waals surface area contributed by atoms with Crippen LogP contribution < -0.4 is 11.1 Å². The van der Waals surface area contributed by atoms with Crippen molar-refractivity contribution in [1.82, 2.24) is 10.2 Å². The van der Waals surface area contributed by atoms with Crippen molar-refractivity contribution in [3.63, 3.8) is 0 Å². The van der Waals surface area contributed by atoms with E-state index >= 15 is 0 Å². The molecule has 5 heteroatoms. The van der Waals surface area contributed by atoms with Crippen molar-refractivity contribution in [3.05, 3.63) is 0 Å². The van der Waals surface area contributed by atoms with Crippen LogP contribution in [0.1, 0.15) is 51.9 Å². The first-order chi connectivity index (χ1) is 9.54. The molecule has 5 nitrogen and oxygen atoms in total. The third-order valence-electron chi connectivity index (χ3n) is 4.54. The lowest BCUT2D eigenvalue weighted by Crippen LogP contribution is -2.37. The molecule has 0 radical (unpaired) electrons. The second-order valence-electron chi connectivity index (χ2n) is 6.36. The maximum Gasteiger partial charge on any atom is 0.222 e. The van der Waals surface area contributed by atoms with Gasteiger partial charge in [-0.1, -0.05) is 12.8 Å². The van der Waals surface area contributed by atoms with Crippen LogP contribution >= 0.6 is 0 Å². The molecule has 1 aliphatic heterocycles. The molecule has 0 aromatic heterocycles. The Morgan fingerprint density at radius 1 is 1.30 bits per heavy atom. The second kappa shape index (κ2) is 7.07. The molecule has 1 saturated carbocycles. The first-order valence-corrected chi connectivity index (χ1v) is 7.85. The van der Waals surface area contributed by atoms with Crippen LogP contribution in [0, 0.1) is 5.92 Å². The summed E-state index contributed by atoms with van der Waals surface area (Å²) in [5.74, 6) is 0.842. The summed E-state index contributed by atoms with van der Waals surface area (Å²) in [6.07, 6.45) is 7.10. The topological polar surface area (TPSA) is 75.4 Å². The van der Waals surface area contributed by atoms with Gasteiger partial charge in [-0.2, -0.15) is 0 Å². The van der Waals surface area contributed by atoms with Crippen LogP contribution in [0.2, 0.25) is 0 Å². The monoisotopic (exact) mass is 281 g/mol. The van der Waals surface area contributed by atoms with Crippen LogP contribution in [-0.4, -0.2) is 41.9 Å². The molecular formula is C15H27N3O2. The minimum Gasteiger partial charge on any atom is -0.352 e. The van der Waals surface area contributed by atoms with Gasteiger partial charge in [-0.25, -0.2) is 0 Å². The maximum atomic E-state index is 12.2. The molecule has 3 N–H and O–H groups in total. The number of nitrogens with two attached hydrogens (primary N) is 1. The largest absolute Gasteiger partial charge is 0.352 e. The highest BCUT2D eigenvalue weighted by molar-refractivity contribution is 5.77. The Morgan fingerprint density at radius 2 is 2.10 bits per heavy atom. The van der Waals surface area contributed by atoms with E-state index in [1.807, 2.05) is 4.90 Å². The van der Waals surface area contributed by atoms with Gasteiger partial charge in [-0.15, -0.1) is 0 Å². The van der Waals surface area contributed by atoms with Gasteiger partial charge in [0, 0.05) is 38.5 Å². The lowest BCUT2D eigenvalue weighted by atomic mass is 9.83. The van der Waals surface area contributed by atoms with E-state index in [1.165, 1.54) is 19.8 Å². The summed E-state index contributed by atoms with van der Waals surface area (Å²) in [7, 11) is 0. The van der Waals surface area contributed by atoms with Gasteiger partial charge in [0.15, 0.2) is 0 Å². The Balaban J connectivity index is 1.69. The first-order valence-electron chi connectivity index (χ1n) is 7.85. The van der Waals surface area contributed by atoms with Crippen LogP contribution in [0.25, 0.3) is 0 Å². The average molecular weight is 281 g/mol. The number of hydrogen-bond donors (Lipinski definition) is 2. The van der Waals surface area contributed by atoms with E-state index in [0.29, 0.717) is 24.9 Å². The number of hydrogen-bond acceptors (Lipinski definition) is 3. The van der Waals surface area contributed by atoms with E-state index < -0.39 is 0 Å². The second-order valence-corrected chi connectivity index (χ2v) is 6.36. The summed E-state index contributed by atoms with van der Waals surface area (Å²) in [4.78, 5) is 25.1. The highest BCUT2D eigenvalue weighted by Gasteiger charge is 2.27. The van der Waals surface area contributed by atoms with Crippen molar-refractivity contribution in [3.8, 4) is 0 Å². The number of likely N-dealkylation sites (tertiary alicyclic amines) is 1. The molecule has 3 unspecified atom stereocenters. The molecule has 20 heavy (non-hydrogen) atoms. The van der Waals surface area contributed by atoms with E-state index in [0.717, 1.165) is 32.2 Å². The molecule has 2 rings (SSSR count). The predicted molar refractivity (Wildman–Crippen MR) is 78.0 cm³/mol. The van der Waals surface area contributed by atoms with E-state index in [2.05, 4.69) is 5.32 Å². The van der Waals surface area contributed by atoms with Crippen LogP contribution in [0.15, 0.2) is 0 Å². The smallest absolute Gasteiger partial charge is 0.222 e. The fraction of sp³-hybridized carbons (Fsp3) is 0.867. The zero-order valence-corrected chi connectivity index (χ0v) is 12.4. The molecule has 0 bridgehead atoms. The third-order valence-corrected chi connectivity index (χ3v) is 4.54. The Morgan fingerprint density at radius 3 is 2.80 bits per heavy atom. The molecule has 1 heterocycles. The normalized spacial score (nSPS) is 30.3. The van der Waals surface area contributed by atoms with Gasteiger partial charge >= 0.3 is 0 Å². The fourth-order valence-electron chi connectivity index (χ4n) is 3.47. The van der Waals surface area contributed by atoms with Crippen molar-refractivity contribution in [2.75, 3.05) is 13.1 Å². The first kappa shape index (κ1) is 15.3. The average Bonchev–Trinajstić information content (AvgIpc) is 2.84. The minimum absolute atomic E-state index is 0.0134. The van der Waals surface area contributed by atoms with Crippen LogP contribution in [0.5, 0.6) is 0 Å². The van der Waals surface area contributed by atoms with Crippen molar-refractivity contribution in [2.24, 2.45) is 11.7 Å². The van der Waals surface area contributed by atoms with E-state index in [9.17, 15) is 9.59 Å². The molecule has 3 atom stereocenters. The molecule has 1 saturated heterocycles. The van der Waals surface area contributed by atoms with Crippen molar-refractivity contribution in [2.45, 2.75) is 64.0 Å². The number of carbonyl (C=O) groups is 2. The molecule has 2 aliphatic rings. The van der Waals surface area contributed by atoms with Gasteiger partial charge in [-0.05, 0) is 31.6 Å². The van der Waals surface area contributed by atoms with Crippen LogP contribution in [0.3, 0.4) is 0 Å². The van der Waals surface area contributed by atoms with E-state index in [-0.39, 0.29) is 17.9 Å². The molecule has 0 aromatic carbocycles. The van der Waals surface area contributed by atoms with E-state index in [1.54, 1.807) is 0 Å². The summed E-state index contributed by atoms with van der Waals surface area (Å²) in [6, 6.07) is 0.472. The highest BCUT2D eigenvalue weighted by atomic mass is 16.2. The summed E-state index contributed by atoms with van der Waals surface area (Å²) in [5.41, 5.74) is 5.98. The molecule has 114 valence electrons. The van der Waals surface area contributed by atoms with Gasteiger partial charge in [-0.3, -0.25) is 9.59 Å². The SMILES string of the molecule is CC(=O)NC1CCN(C(=O)CCC2CCCC(N)C2)C1. The summed E-state index contributed by atoms with van der Waals surface area (Å²) >= 11 is 0. The Kier molecular flexibility index (Phi) is 5.40. The van der Waals surface area contributed by atoms with Gasteiger partial charge in [0.05, 0.1) is 0 Å². The lowest BCUT2D eigenvalue weighted by Gasteiger charge is -2.27. The fourth-order valence-corrected chi connectivity index (χ4v) is 3.47. The standard InChI is InChI=1S/C15H27N3O2/c1-11(19)17-14-7-8-18(10-14)15(20)6-5-12-3-2-4-13(16)9-12/h12-14H,2-10,16H2,1H3,(H,17,19). The van der Waals surface area contributed by atoms with Gasteiger partial charge in [0.25, 0.3) is 0 Å². The minimum atomic E-state index is -0.0134. The Bertz CT molecular complexity index is 359. The molecule has 0 spiro atoms. The quantitative estimate of drug-likeness (QED) is 0.808. The molecular weight excluding hydrogens is 254 g/mol. The van der Waals surface area contributed by atoms with Crippen molar-refractivity contribution < 1.29 is 9.59 Å². The molecule has 2 amide bonds. The molecule has 2 fully saturated rings. The summed E-state index contributed by atoms with van der Waals surface area (Å²) in [6.45, 7) is 2.97.